The summed E-state index contributed by atoms with van der Waals surface area (Å²) in [4.78, 5) is 12.2. The first kappa shape index (κ1) is 20.1. The molecular formula is C22H26N4OS. The number of amides is 1. The molecule has 6 heteroatoms. The maximum atomic E-state index is 12.2. The molecule has 1 heterocycles. The Morgan fingerprint density at radius 2 is 1.79 bits per heavy atom. The van der Waals surface area contributed by atoms with E-state index >= 15 is 0 Å². The molecule has 0 aliphatic heterocycles. The number of para-hydroxylation sites is 1. The van der Waals surface area contributed by atoms with Crippen molar-refractivity contribution in [1.29, 1.82) is 0 Å². The van der Waals surface area contributed by atoms with Gasteiger partial charge in [0.1, 0.15) is 0 Å². The van der Waals surface area contributed by atoms with Gasteiger partial charge in [-0.2, -0.15) is 0 Å². The van der Waals surface area contributed by atoms with Crippen LogP contribution in [0.15, 0.2) is 59.8 Å². The Morgan fingerprint density at radius 1 is 1.04 bits per heavy atom. The number of nitrogens with zero attached hydrogens (tertiary/aromatic N) is 3. The lowest BCUT2D eigenvalue weighted by molar-refractivity contribution is -0.118. The van der Waals surface area contributed by atoms with Crippen LogP contribution in [0, 0.1) is 6.92 Å². The zero-order valence-electron chi connectivity index (χ0n) is 16.4. The summed E-state index contributed by atoms with van der Waals surface area (Å²) in [6, 6.07) is 18.2. The normalized spacial score (nSPS) is 10.8. The molecule has 0 saturated carbocycles. The Labute approximate surface area is 170 Å². The first-order valence-corrected chi connectivity index (χ1v) is 10.6. The molecule has 0 aliphatic rings. The third-order valence-electron chi connectivity index (χ3n) is 4.39. The first-order chi connectivity index (χ1) is 13.7. The van der Waals surface area contributed by atoms with E-state index < -0.39 is 0 Å². The summed E-state index contributed by atoms with van der Waals surface area (Å²) in [5, 5.41) is 12.5. The topological polar surface area (TPSA) is 59.8 Å². The van der Waals surface area contributed by atoms with E-state index in [0.29, 0.717) is 10.9 Å². The van der Waals surface area contributed by atoms with Crippen molar-refractivity contribution in [3.8, 4) is 17.1 Å². The van der Waals surface area contributed by atoms with Crippen LogP contribution in [0.1, 0.15) is 31.7 Å². The molecule has 0 atom stereocenters. The SMILES string of the molecule is CCCCCNC(=O)CSc1nnc(-c2ccc(C)cc2)n1-c1ccccc1. The van der Waals surface area contributed by atoms with Crippen LogP contribution in [-0.2, 0) is 4.79 Å². The highest BCUT2D eigenvalue weighted by Gasteiger charge is 2.17. The quantitative estimate of drug-likeness (QED) is 0.424. The minimum absolute atomic E-state index is 0.0283. The van der Waals surface area contributed by atoms with Crippen molar-refractivity contribution in [2.75, 3.05) is 12.3 Å². The molecule has 0 saturated heterocycles. The second-order valence-electron chi connectivity index (χ2n) is 6.69. The fraction of sp³-hybridized carbons (Fsp3) is 0.318. The van der Waals surface area contributed by atoms with Gasteiger partial charge in [-0.1, -0.05) is 79.6 Å². The van der Waals surface area contributed by atoms with Crippen molar-refractivity contribution >= 4 is 17.7 Å². The van der Waals surface area contributed by atoms with Gasteiger partial charge >= 0.3 is 0 Å². The fourth-order valence-electron chi connectivity index (χ4n) is 2.85. The van der Waals surface area contributed by atoms with Gasteiger partial charge in [0, 0.05) is 17.8 Å². The summed E-state index contributed by atoms with van der Waals surface area (Å²) in [6.45, 7) is 4.94. The Hall–Kier alpha value is -2.60. The number of carbonyl (C=O) groups excluding carboxylic acids is 1. The molecule has 0 spiro atoms. The van der Waals surface area contributed by atoms with E-state index in [4.69, 9.17) is 0 Å². The van der Waals surface area contributed by atoms with Crippen molar-refractivity contribution in [3.63, 3.8) is 0 Å². The predicted octanol–water partition coefficient (Wildman–Crippen LogP) is 4.64. The molecule has 0 bridgehead atoms. The van der Waals surface area contributed by atoms with Gasteiger partial charge in [0.25, 0.3) is 0 Å². The van der Waals surface area contributed by atoms with Crippen LogP contribution in [0.4, 0.5) is 0 Å². The van der Waals surface area contributed by atoms with E-state index in [9.17, 15) is 4.79 Å². The molecule has 3 rings (SSSR count). The minimum atomic E-state index is 0.0283. The number of rotatable bonds is 9. The number of aromatic nitrogens is 3. The first-order valence-electron chi connectivity index (χ1n) is 9.66. The number of carbonyl (C=O) groups is 1. The maximum Gasteiger partial charge on any atom is 0.230 e. The number of aryl methyl sites for hydroxylation is 1. The molecule has 1 amide bonds. The second kappa shape index (κ2) is 10.1. The molecule has 0 aliphatic carbocycles. The Bertz CT molecular complexity index is 891. The van der Waals surface area contributed by atoms with E-state index in [1.807, 2.05) is 47.0 Å². The summed E-state index contributed by atoms with van der Waals surface area (Å²) in [5.74, 6) is 1.13. The van der Waals surface area contributed by atoms with Gasteiger partial charge < -0.3 is 5.32 Å². The van der Waals surface area contributed by atoms with Crippen molar-refractivity contribution in [3.05, 3.63) is 60.2 Å². The lowest BCUT2D eigenvalue weighted by Crippen LogP contribution is -2.26. The molecule has 0 unspecified atom stereocenters. The molecule has 3 aromatic rings. The maximum absolute atomic E-state index is 12.2. The highest BCUT2D eigenvalue weighted by Crippen LogP contribution is 2.28. The van der Waals surface area contributed by atoms with Gasteiger partial charge in [-0.3, -0.25) is 9.36 Å². The second-order valence-corrected chi connectivity index (χ2v) is 7.63. The average Bonchev–Trinajstić information content (AvgIpc) is 3.15. The summed E-state index contributed by atoms with van der Waals surface area (Å²) in [7, 11) is 0. The zero-order chi connectivity index (χ0) is 19.8. The summed E-state index contributed by atoms with van der Waals surface area (Å²) < 4.78 is 2.01. The molecule has 0 fully saturated rings. The summed E-state index contributed by atoms with van der Waals surface area (Å²) in [5.41, 5.74) is 3.18. The highest BCUT2D eigenvalue weighted by molar-refractivity contribution is 7.99. The van der Waals surface area contributed by atoms with Gasteiger partial charge in [-0.15, -0.1) is 10.2 Å². The monoisotopic (exact) mass is 394 g/mol. The molecular weight excluding hydrogens is 368 g/mol. The van der Waals surface area contributed by atoms with Gasteiger partial charge in [0.15, 0.2) is 11.0 Å². The van der Waals surface area contributed by atoms with Crippen molar-refractivity contribution in [2.24, 2.45) is 0 Å². The standard InChI is InChI=1S/C22H26N4OS/c1-3-4-8-15-23-20(27)16-28-22-25-24-21(18-13-11-17(2)12-14-18)26(22)19-9-6-5-7-10-19/h5-7,9-14H,3-4,8,15-16H2,1-2H3,(H,23,27). The van der Waals surface area contributed by atoms with E-state index in [-0.39, 0.29) is 5.91 Å². The van der Waals surface area contributed by atoms with Crippen molar-refractivity contribution < 1.29 is 4.79 Å². The highest BCUT2D eigenvalue weighted by atomic mass is 32.2. The molecule has 5 nitrogen and oxygen atoms in total. The van der Waals surface area contributed by atoms with Crippen LogP contribution >= 0.6 is 11.8 Å². The van der Waals surface area contributed by atoms with Crippen LogP contribution in [0.5, 0.6) is 0 Å². The van der Waals surface area contributed by atoms with E-state index in [2.05, 4.69) is 41.5 Å². The molecule has 1 N–H and O–H groups in total. The lowest BCUT2D eigenvalue weighted by atomic mass is 10.1. The number of unbranched alkanes of at least 4 members (excludes halogenated alkanes) is 2. The number of hydrogen-bond donors (Lipinski definition) is 1. The van der Waals surface area contributed by atoms with Crippen LogP contribution in [0.2, 0.25) is 0 Å². The zero-order valence-corrected chi connectivity index (χ0v) is 17.2. The Balaban J connectivity index is 1.79. The van der Waals surface area contributed by atoms with Crippen molar-refractivity contribution in [2.45, 2.75) is 38.3 Å². The van der Waals surface area contributed by atoms with Crippen LogP contribution in [-0.4, -0.2) is 33.0 Å². The number of nitrogens with one attached hydrogen (secondary N) is 1. The van der Waals surface area contributed by atoms with Crippen LogP contribution < -0.4 is 5.32 Å². The van der Waals surface area contributed by atoms with Gasteiger partial charge in [0.05, 0.1) is 5.75 Å². The molecule has 1 aromatic heterocycles. The third kappa shape index (κ3) is 5.23. The van der Waals surface area contributed by atoms with E-state index in [0.717, 1.165) is 42.9 Å². The molecule has 0 radical (unpaired) electrons. The van der Waals surface area contributed by atoms with E-state index in [1.54, 1.807) is 0 Å². The number of benzene rings is 2. The average molecular weight is 395 g/mol. The smallest absolute Gasteiger partial charge is 0.230 e. The minimum Gasteiger partial charge on any atom is -0.355 e. The number of thioether (sulfide) groups is 1. The summed E-state index contributed by atoms with van der Waals surface area (Å²) in [6.07, 6.45) is 3.30. The Morgan fingerprint density at radius 3 is 2.50 bits per heavy atom. The lowest BCUT2D eigenvalue weighted by Gasteiger charge is -2.10. The van der Waals surface area contributed by atoms with Gasteiger partial charge in [0.2, 0.25) is 5.91 Å². The van der Waals surface area contributed by atoms with Gasteiger partial charge in [-0.25, -0.2) is 0 Å². The Kier molecular flexibility index (Phi) is 7.25. The fourth-order valence-corrected chi connectivity index (χ4v) is 3.63. The third-order valence-corrected chi connectivity index (χ3v) is 5.32. The number of hydrogen-bond acceptors (Lipinski definition) is 4. The van der Waals surface area contributed by atoms with Crippen LogP contribution in [0.3, 0.4) is 0 Å². The molecule has 2 aromatic carbocycles. The molecule has 146 valence electrons. The van der Waals surface area contributed by atoms with Crippen molar-refractivity contribution in [1.82, 2.24) is 20.1 Å². The van der Waals surface area contributed by atoms with E-state index in [1.165, 1.54) is 17.3 Å². The largest absolute Gasteiger partial charge is 0.355 e. The predicted molar refractivity (Wildman–Crippen MR) is 115 cm³/mol. The van der Waals surface area contributed by atoms with Crippen LogP contribution in [0.25, 0.3) is 17.1 Å². The van der Waals surface area contributed by atoms with Gasteiger partial charge in [-0.05, 0) is 25.5 Å². The molecule has 28 heavy (non-hydrogen) atoms. The summed E-state index contributed by atoms with van der Waals surface area (Å²) >= 11 is 1.41.